The monoisotopic (exact) mass is 250 g/mol. The van der Waals surface area contributed by atoms with Crippen molar-refractivity contribution in [2.45, 2.75) is 33.9 Å². The summed E-state index contributed by atoms with van der Waals surface area (Å²) in [5, 5.41) is 8.40. The minimum absolute atomic E-state index is 0.159. The molecule has 0 radical (unpaired) electrons. The molecule has 98 valence electrons. The van der Waals surface area contributed by atoms with Gasteiger partial charge in [-0.05, 0) is 24.3 Å². The fourth-order valence-electron chi connectivity index (χ4n) is 0.802. The zero-order chi connectivity index (χ0) is 14.1. The number of aromatic carboxylic acids is 1. The average molecular weight is 250 g/mol. The van der Waals surface area contributed by atoms with Crippen molar-refractivity contribution in [3.63, 3.8) is 0 Å². The lowest BCUT2D eigenvalue weighted by Crippen LogP contribution is -2.05. The summed E-state index contributed by atoms with van der Waals surface area (Å²) in [5.41, 5.74) is -1.01. The molecule has 5 heteroatoms. The number of benzene rings is 1. The quantitative estimate of drug-likeness (QED) is 0.799. The highest BCUT2D eigenvalue weighted by Gasteiger charge is 2.30. The van der Waals surface area contributed by atoms with E-state index in [1.807, 2.05) is 27.7 Å². The Hall–Kier alpha value is -1.52. The lowest BCUT2D eigenvalue weighted by Gasteiger charge is -2.05. The van der Waals surface area contributed by atoms with E-state index >= 15 is 0 Å². The van der Waals surface area contributed by atoms with E-state index in [1.54, 1.807) is 0 Å². The third kappa shape index (κ3) is 6.60. The highest BCUT2D eigenvalue weighted by Crippen LogP contribution is 2.28. The van der Waals surface area contributed by atoms with Crippen molar-refractivity contribution in [3.05, 3.63) is 35.4 Å². The number of carboxylic acid groups (broad SMARTS) is 1. The molecular weight excluding hydrogens is 233 g/mol. The van der Waals surface area contributed by atoms with E-state index < -0.39 is 17.7 Å². The zero-order valence-corrected chi connectivity index (χ0v) is 10.3. The first-order valence-corrected chi connectivity index (χ1v) is 5.32. The number of carboxylic acids is 1. The third-order valence-corrected chi connectivity index (χ3v) is 1.46. The van der Waals surface area contributed by atoms with Gasteiger partial charge in [-0.2, -0.15) is 13.2 Å². The molecule has 0 bridgehead atoms. The number of alkyl halides is 3. The maximum Gasteiger partial charge on any atom is 0.416 e. The fourth-order valence-corrected chi connectivity index (χ4v) is 0.802. The average Bonchev–Trinajstić information content (AvgIpc) is 2.33. The van der Waals surface area contributed by atoms with Crippen molar-refractivity contribution in [1.82, 2.24) is 0 Å². The van der Waals surface area contributed by atoms with Gasteiger partial charge >= 0.3 is 12.1 Å². The molecule has 0 unspecified atom stereocenters. The van der Waals surface area contributed by atoms with Crippen LogP contribution in [0.2, 0.25) is 0 Å². The topological polar surface area (TPSA) is 37.3 Å². The molecule has 1 N–H and O–H groups in total. The Labute approximate surface area is 99.1 Å². The van der Waals surface area contributed by atoms with Crippen molar-refractivity contribution in [2.75, 3.05) is 0 Å². The Kier molecular flexibility index (Phi) is 9.05. The molecule has 0 fully saturated rings. The van der Waals surface area contributed by atoms with Crippen LogP contribution < -0.4 is 0 Å². The Morgan fingerprint density at radius 2 is 1.35 bits per heavy atom. The van der Waals surface area contributed by atoms with Gasteiger partial charge < -0.3 is 5.11 Å². The summed E-state index contributed by atoms with van der Waals surface area (Å²) < 4.78 is 35.9. The molecule has 0 atom stereocenters. The predicted octanol–water partition coefficient (Wildman–Crippen LogP) is 4.46. The minimum Gasteiger partial charge on any atom is -0.478 e. The molecule has 17 heavy (non-hydrogen) atoms. The van der Waals surface area contributed by atoms with Crippen LogP contribution in [0.3, 0.4) is 0 Å². The molecule has 1 aromatic rings. The molecule has 0 aromatic heterocycles. The highest BCUT2D eigenvalue weighted by molar-refractivity contribution is 5.87. The Morgan fingerprint density at radius 1 is 1.00 bits per heavy atom. The standard InChI is InChI=1S/C8H5F3O2.2C2H6/c9-8(10,11)6-3-1-5(2-4-6)7(12)13;2*1-2/h1-4H,(H,12,13);2*1-2H3. The van der Waals surface area contributed by atoms with Gasteiger partial charge in [0.15, 0.2) is 0 Å². The molecule has 0 spiro atoms. The molecule has 1 aromatic carbocycles. The minimum atomic E-state index is -4.42. The summed E-state index contributed by atoms with van der Waals surface area (Å²) in [5.74, 6) is -1.24. The first-order chi connectivity index (χ1) is 7.91. The molecule has 0 aliphatic rings. The normalized spacial score (nSPS) is 9.35. The number of rotatable bonds is 1. The lowest BCUT2D eigenvalue weighted by molar-refractivity contribution is -0.137. The maximum absolute atomic E-state index is 12.0. The van der Waals surface area contributed by atoms with Crippen molar-refractivity contribution in [3.8, 4) is 0 Å². The largest absolute Gasteiger partial charge is 0.478 e. The van der Waals surface area contributed by atoms with E-state index in [9.17, 15) is 18.0 Å². The first-order valence-electron chi connectivity index (χ1n) is 5.32. The van der Waals surface area contributed by atoms with E-state index in [2.05, 4.69) is 0 Å². The molecule has 0 amide bonds. The van der Waals surface area contributed by atoms with Crippen LogP contribution in [0.1, 0.15) is 43.6 Å². The van der Waals surface area contributed by atoms with Crippen LogP contribution in [0.4, 0.5) is 13.2 Å². The van der Waals surface area contributed by atoms with Crippen molar-refractivity contribution in [1.29, 1.82) is 0 Å². The van der Waals surface area contributed by atoms with Crippen molar-refractivity contribution < 1.29 is 23.1 Å². The Bertz CT molecular complexity index is 316. The smallest absolute Gasteiger partial charge is 0.416 e. The van der Waals surface area contributed by atoms with Gasteiger partial charge in [-0.15, -0.1) is 0 Å². The molecule has 0 saturated carbocycles. The van der Waals surface area contributed by atoms with Gasteiger partial charge in [-0.1, -0.05) is 27.7 Å². The number of hydrogen-bond acceptors (Lipinski definition) is 1. The van der Waals surface area contributed by atoms with Gasteiger partial charge in [0.2, 0.25) is 0 Å². The van der Waals surface area contributed by atoms with Gasteiger partial charge in [0.25, 0.3) is 0 Å². The fraction of sp³-hybridized carbons (Fsp3) is 0.417. The molecular formula is C12H17F3O2. The molecule has 2 nitrogen and oxygen atoms in total. The summed E-state index contributed by atoms with van der Waals surface area (Å²) in [6.07, 6.45) is -4.42. The summed E-state index contributed by atoms with van der Waals surface area (Å²) >= 11 is 0. The third-order valence-electron chi connectivity index (χ3n) is 1.46. The van der Waals surface area contributed by atoms with E-state index in [4.69, 9.17) is 5.11 Å². The summed E-state index contributed by atoms with van der Waals surface area (Å²) in [6.45, 7) is 8.00. The van der Waals surface area contributed by atoms with Crippen molar-refractivity contribution in [2.24, 2.45) is 0 Å². The maximum atomic E-state index is 12.0. The van der Waals surface area contributed by atoms with Gasteiger partial charge in [-0.25, -0.2) is 4.79 Å². The van der Waals surface area contributed by atoms with Crippen LogP contribution >= 0.6 is 0 Å². The second-order valence-corrected chi connectivity index (χ2v) is 2.38. The summed E-state index contributed by atoms with van der Waals surface area (Å²) in [7, 11) is 0. The molecule has 0 aliphatic carbocycles. The molecule has 0 heterocycles. The van der Waals surface area contributed by atoms with Gasteiger partial charge in [0, 0.05) is 0 Å². The number of hydrogen-bond donors (Lipinski definition) is 1. The van der Waals surface area contributed by atoms with Crippen LogP contribution in [0.15, 0.2) is 24.3 Å². The Morgan fingerprint density at radius 3 is 1.59 bits per heavy atom. The molecule has 1 rings (SSSR count). The summed E-state index contributed by atoms with van der Waals surface area (Å²) in [6, 6.07) is 3.32. The van der Waals surface area contributed by atoms with E-state index in [-0.39, 0.29) is 5.56 Å². The highest BCUT2D eigenvalue weighted by atomic mass is 19.4. The second kappa shape index (κ2) is 8.61. The van der Waals surface area contributed by atoms with Crippen LogP contribution in [0.5, 0.6) is 0 Å². The van der Waals surface area contributed by atoms with Crippen LogP contribution in [-0.4, -0.2) is 11.1 Å². The zero-order valence-electron chi connectivity index (χ0n) is 10.3. The van der Waals surface area contributed by atoms with Crippen LogP contribution in [0, 0.1) is 0 Å². The predicted molar refractivity (Wildman–Crippen MR) is 61.1 cm³/mol. The van der Waals surface area contributed by atoms with Gasteiger partial charge in [0.1, 0.15) is 0 Å². The van der Waals surface area contributed by atoms with Gasteiger partial charge in [-0.3, -0.25) is 0 Å². The van der Waals surface area contributed by atoms with Crippen LogP contribution in [0.25, 0.3) is 0 Å². The first kappa shape index (κ1) is 17.9. The van der Waals surface area contributed by atoms with E-state index in [0.717, 1.165) is 24.3 Å². The summed E-state index contributed by atoms with van der Waals surface area (Å²) in [4.78, 5) is 10.3. The number of halogens is 3. The second-order valence-electron chi connectivity index (χ2n) is 2.38. The van der Waals surface area contributed by atoms with E-state index in [1.165, 1.54) is 0 Å². The van der Waals surface area contributed by atoms with Gasteiger partial charge in [0.05, 0.1) is 11.1 Å². The molecule has 0 saturated heterocycles. The number of carbonyl (C=O) groups is 1. The van der Waals surface area contributed by atoms with E-state index in [0.29, 0.717) is 0 Å². The van der Waals surface area contributed by atoms with Crippen molar-refractivity contribution >= 4 is 5.97 Å². The molecule has 0 aliphatic heterocycles. The SMILES string of the molecule is CC.CC.O=C(O)c1ccc(C(F)(F)F)cc1. The van der Waals surface area contributed by atoms with Crippen LogP contribution in [-0.2, 0) is 6.18 Å². The Balaban J connectivity index is 0. The lowest BCUT2D eigenvalue weighted by atomic mass is 10.1.